The molecule has 0 radical (unpaired) electrons. The Hall–Kier alpha value is -3.31. The lowest BCUT2D eigenvalue weighted by Gasteiger charge is -2.35. The normalized spacial score (nSPS) is 13.7. The van der Waals surface area contributed by atoms with Gasteiger partial charge < -0.3 is 19.9 Å². The molecule has 11 nitrogen and oxygen atoms in total. The molecule has 12 heteroatoms. The largest absolute Gasteiger partial charge is 0.497 e. The van der Waals surface area contributed by atoms with Crippen LogP contribution in [0.25, 0.3) is 10.4 Å². The van der Waals surface area contributed by atoms with Gasteiger partial charge >= 0.3 is 6.09 Å². The van der Waals surface area contributed by atoms with E-state index in [9.17, 15) is 18.3 Å². The maximum Gasteiger partial charge on any atom is 0.407 e. The molecule has 2 aromatic carbocycles. The van der Waals surface area contributed by atoms with Crippen molar-refractivity contribution in [1.82, 2.24) is 9.62 Å². The summed E-state index contributed by atoms with van der Waals surface area (Å²) < 4.78 is 39.7. The van der Waals surface area contributed by atoms with E-state index < -0.39 is 39.3 Å². The van der Waals surface area contributed by atoms with Crippen LogP contribution in [0.5, 0.6) is 5.75 Å². The number of rotatable bonds is 15. The summed E-state index contributed by atoms with van der Waals surface area (Å²) >= 11 is 0. The zero-order valence-corrected chi connectivity index (χ0v) is 25.6. The Balaban J connectivity index is 2.40. The fraction of sp³-hybridized carbons (Fsp3) is 0.552. The molecule has 0 aliphatic heterocycles. The van der Waals surface area contributed by atoms with Gasteiger partial charge in [0.25, 0.3) is 0 Å². The third kappa shape index (κ3) is 11.6. The number of nitrogens with one attached hydrogen (secondary N) is 1. The molecule has 0 aliphatic carbocycles. The molecule has 0 spiro atoms. The van der Waals surface area contributed by atoms with Crippen LogP contribution in [0.2, 0.25) is 0 Å². The van der Waals surface area contributed by atoms with Crippen LogP contribution in [0.3, 0.4) is 0 Å². The number of aliphatic hydroxyl groups is 1. The number of benzene rings is 2. The van der Waals surface area contributed by atoms with E-state index in [1.54, 1.807) is 32.9 Å². The highest BCUT2D eigenvalue weighted by atomic mass is 32.2. The average molecular weight is 590 g/mol. The van der Waals surface area contributed by atoms with E-state index in [1.165, 1.54) is 23.5 Å². The molecule has 0 aromatic heterocycles. The Kier molecular flexibility index (Phi) is 12.5. The number of carbonyl (C=O) groups is 1. The number of carbonyl (C=O) groups excluding carboxylic acids is 1. The smallest absolute Gasteiger partial charge is 0.407 e. The number of azide groups is 1. The summed E-state index contributed by atoms with van der Waals surface area (Å²) in [6, 6.07) is 14.5. The third-order valence-electron chi connectivity index (χ3n) is 6.33. The number of ether oxygens (including phenoxy) is 2. The highest BCUT2D eigenvalue weighted by molar-refractivity contribution is 7.89. The Bertz CT molecular complexity index is 1260. The molecule has 2 atom stereocenters. The van der Waals surface area contributed by atoms with Crippen molar-refractivity contribution < 1.29 is 27.8 Å². The van der Waals surface area contributed by atoms with Gasteiger partial charge in [-0.2, -0.15) is 4.31 Å². The van der Waals surface area contributed by atoms with Gasteiger partial charge in [0.1, 0.15) is 11.4 Å². The van der Waals surface area contributed by atoms with Crippen LogP contribution in [0, 0.1) is 5.41 Å². The van der Waals surface area contributed by atoms with Gasteiger partial charge in [-0.3, -0.25) is 0 Å². The fourth-order valence-electron chi connectivity index (χ4n) is 4.32. The van der Waals surface area contributed by atoms with E-state index in [2.05, 4.69) is 15.3 Å². The lowest BCUT2D eigenvalue weighted by atomic mass is 9.87. The molecule has 2 N–H and O–H groups in total. The van der Waals surface area contributed by atoms with Crippen LogP contribution in [0.1, 0.15) is 53.0 Å². The van der Waals surface area contributed by atoms with Gasteiger partial charge in [0.05, 0.1) is 24.2 Å². The predicted molar refractivity (Wildman–Crippen MR) is 158 cm³/mol. The Morgan fingerprint density at radius 1 is 1.10 bits per heavy atom. The van der Waals surface area contributed by atoms with Crippen LogP contribution in [0.15, 0.2) is 64.6 Å². The molecule has 0 heterocycles. The van der Waals surface area contributed by atoms with Crippen molar-refractivity contribution in [3.8, 4) is 5.75 Å². The second-order valence-corrected chi connectivity index (χ2v) is 13.6. The molecule has 0 bridgehead atoms. The molecule has 0 fully saturated rings. The number of alkyl carbamates (subject to hydrolysis) is 1. The zero-order valence-electron chi connectivity index (χ0n) is 24.8. The minimum absolute atomic E-state index is 0.0510. The van der Waals surface area contributed by atoms with Gasteiger partial charge in [-0.05, 0) is 80.8 Å². The lowest BCUT2D eigenvalue weighted by Crippen LogP contribution is -2.52. The summed E-state index contributed by atoms with van der Waals surface area (Å²) in [5.41, 5.74) is 8.17. The standard InChI is InChI=1S/C29H43N5O6S/c1-28(2,3)40-27(36)32-25(19-22-11-8-7-9-12-22)26(35)20-34(21-29(4,5)17-10-18-31-33-30)41(37,38)24-15-13-23(39-6)14-16-24/h7-9,11-16,25-26,35H,10,17-21H2,1-6H3,(H,32,36). The molecule has 2 aromatic rings. The SMILES string of the molecule is COc1ccc(S(=O)(=O)N(CC(O)C(Cc2ccccc2)NC(=O)OC(C)(C)C)CC(C)(C)CCCN=[N+]=[N-])cc1. The number of sulfonamides is 1. The Morgan fingerprint density at radius 3 is 2.29 bits per heavy atom. The molecule has 0 aliphatic rings. The zero-order chi connectivity index (χ0) is 30.7. The first-order valence-electron chi connectivity index (χ1n) is 13.5. The van der Waals surface area contributed by atoms with Crippen molar-refractivity contribution in [3.63, 3.8) is 0 Å². The topological polar surface area (TPSA) is 154 Å². The van der Waals surface area contributed by atoms with Gasteiger partial charge in [0.2, 0.25) is 10.0 Å². The maximum absolute atomic E-state index is 13.9. The van der Waals surface area contributed by atoms with Crippen LogP contribution >= 0.6 is 0 Å². The predicted octanol–water partition coefficient (Wildman–Crippen LogP) is 5.30. The quantitative estimate of drug-likeness (QED) is 0.124. The lowest BCUT2D eigenvalue weighted by molar-refractivity contribution is 0.0392. The van der Waals surface area contributed by atoms with Gasteiger partial charge in [0.15, 0.2) is 0 Å². The number of methoxy groups -OCH3 is 1. The number of hydrogen-bond acceptors (Lipinski definition) is 7. The van der Waals surface area contributed by atoms with Crippen LogP contribution in [-0.2, 0) is 21.2 Å². The second-order valence-electron chi connectivity index (χ2n) is 11.7. The van der Waals surface area contributed by atoms with Gasteiger partial charge in [-0.15, -0.1) is 0 Å². The van der Waals surface area contributed by atoms with Gasteiger partial charge in [-0.25, -0.2) is 13.2 Å². The average Bonchev–Trinajstić information content (AvgIpc) is 2.89. The molecule has 2 rings (SSSR count). The highest BCUT2D eigenvalue weighted by Gasteiger charge is 2.35. The van der Waals surface area contributed by atoms with Crippen molar-refractivity contribution in [1.29, 1.82) is 0 Å². The van der Waals surface area contributed by atoms with Gasteiger partial charge in [-0.1, -0.05) is 49.3 Å². The van der Waals surface area contributed by atoms with E-state index in [4.69, 9.17) is 15.0 Å². The summed E-state index contributed by atoms with van der Waals surface area (Å²) in [5.74, 6) is 0.512. The van der Waals surface area contributed by atoms with Gasteiger partial charge in [0, 0.05) is 24.5 Å². The van der Waals surface area contributed by atoms with Crippen molar-refractivity contribution in [2.45, 2.75) is 76.5 Å². The van der Waals surface area contributed by atoms with Crippen molar-refractivity contribution in [2.24, 2.45) is 10.5 Å². The number of amides is 1. The Labute approximate surface area is 243 Å². The summed E-state index contributed by atoms with van der Waals surface area (Å²) in [4.78, 5) is 15.5. The molecular formula is C29H43N5O6S. The fourth-order valence-corrected chi connectivity index (χ4v) is 5.97. The monoisotopic (exact) mass is 589 g/mol. The van der Waals surface area contributed by atoms with Crippen molar-refractivity contribution in [2.75, 3.05) is 26.7 Å². The van der Waals surface area contributed by atoms with E-state index in [0.717, 1.165) is 5.56 Å². The summed E-state index contributed by atoms with van der Waals surface area (Å²) in [6.45, 7) is 9.17. The molecular weight excluding hydrogens is 546 g/mol. The summed E-state index contributed by atoms with van der Waals surface area (Å²) in [5, 5.41) is 17.8. The van der Waals surface area contributed by atoms with Crippen molar-refractivity contribution >= 4 is 16.1 Å². The molecule has 0 saturated carbocycles. The maximum atomic E-state index is 13.9. The first kappa shape index (κ1) is 33.9. The highest BCUT2D eigenvalue weighted by Crippen LogP contribution is 2.29. The molecule has 0 saturated heterocycles. The van der Waals surface area contributed by atoms with Crippen LogP contribution in [0.4, 0.5) is 4.79 Å². The molecule has 1 amide bonds. The van der Waals surface area contributed by atoms with E-state index in [0.29, 0.717) is 25.1 Å². The number of aliphatic hydroxyl groups excluding tert-OH is 1. The molecule has 226 valence electrons. The van der Waals surface area contributed by atoms with E-state index >= 15 is 0 Å². The van der Waals surface area contributed by atoms with E-state index in [-0.39, 0.29) is 24.4 Å². The first-order valence-corrected chi connectivity index (χ1v) is 15.0. The molecule has 2 unspecified atom stereocenters. The third-order valence-corrected chi connectivity index (χ3v) is 8.16. The molecule has 41 heavy (non-hydrogen) atoms. The first-order chi connectivity index (χ1) is 19.2. The minimum Gasteiger partial charge on any atom is -0.497 e. The number of nitrogens with zero attached hydrogens (tertiary/aromatic N) is 4. The van der Waals surface area contributed by atoms with E-state index in [1.807, 2.05) is 44.2 Å². The second kappa shape index (κ2) is 15.1. The van der Waals surface area contributed by atoms with Crippen LogP contribution in [-0.4, -0.2) is 68.4 Å². The Morgan fingerprint density at radius 2 is 1.73 bits per heavy atom. The van der Waals surface area contributed by atoms with Crippen molar-refractivity contribution in [3.05, 3.63) is 70.6 Å². The van der Waals surface area contributed by atoms with Crippen LogP contribution < -0.4 is 10.1 Å². The number of hydrogen-bond donors (Lipinski definition) is 2. The summed E-state index contributed by atoms with van der Waals surface area (Å²) in [7, 11) is -2.57. The summed E-state index contributed by atoms with van der Waals surface area (Å²) in [6.07, 6.45) is -0.560. The minimum atomic E-state index is -4.06.